The molecule has 0 radical (unpaired) electrons. The van der Waals surface area contributed by atoms with Gasteiger partial charge in [-0.25, -0.2) is 0 Å². The van der Waals surface area contributed by atoms with Crippen LogP contribution in [-0.2, 0) is 23.3 Å². The second-order valence-corrected chi connectivity index (χ2v) is 6.21. The molecule has 0 saturated heterocycles. The summed E-state index contributed by atoms with van der Waals surface area (Å²) >= 11 is -1.27. The van der Waals surface area contributed by atoms with Crippen LogP contribution < -0.4 is 4.74 Å². The number of methoxy groups -OCH3 is 1. The minimum atomic E-state index is -1.27. The van der Waals surface area contributed by atoms with Crippen LogP contribution >= 0.6 is 0 Å². The van der Waals surface area contributed by atoms with Crippen LogP contribution in [0.15, 0.2) is 41.7 Å². The van der Waals surface area contributed by atoms with E-state index >= 15 is 0 Å². The van der Waals surface area contributed by atoms with Gasteiger partial charge in [-0.05, 0) is 24.6 Å². The second-order valence-electron chi connectivity index (χ2n) is 4.84. The molecule has 0 spiro atoms. The van der Waals surface area contributed by atoms with E-state index in [0.717, 1.165) is 34.5 Å². The van der Waals surface area contributed by atoms with Crippen LogP contribution in [0.3, 0.4) is 0 Å². The third-order valence-corrected chi connectivity index (χ3v) is 4.69. The van der Waals surface area contributed by atoms with E-state index in [1.807, 2.05) is 37.3 Å². The van der Waals surface area contributed by atoms with Crippen molar-refractivity contribution in [2.24, 2.45) is 0 Å². The molecule has 114 valence electrons. The molecule has 0 aliphatic carbocycles. The molecule has 6 heteroatoms. The fraction of sp³-hybridized carbons (Fsp3) is 0.250. The third-order valence-electron chi connectivity index (χ3n) is 3.53. The molecular formula is C16H17N3O2S. The molecule has 1 N–H and O–H groups in total. The highest BCUT2D eigenvalue weighted by Gasteiger charge is 2.20. The molecule has 2 heterocycles. The molecule has 0 aliphatic heterocycles. The van der Waals surface area contributed by atoms with Gasteiger partial charge in [0.15, 0.2) is 5.75 Å². The number of aromatic amines is 1. The lowest BCUT2D eigenvalue weighted by molar-refractivity contribution is 0.408. The highest BCUT2D eigenvalue weighted by molar-refractivity contribution is 7.90. The summed E-state index contributed by atoms with van der Waals surface area (Å²) in [6, 6.07) is 9.48. The summed E-state index contributed by atoms with van der Waals surface area (Å²) in [4.78, 5) is 11.9. The number of aromatic nitrogens is 3. The molecule has 0 bridgehead atoms. The van der Waals surface area contributed by atoms with E-state index in [-0.39, 0.29) is 0 Å². The number of benzene rings is 1. The quantitative estimate of drug-likeness (QED) is 0.735. The van der Waals surface area contributed by atoms with Crippen LogP contribution in [0.1, 0.15) is 18.2 Å². The van der Waals surface area contributed by atoms with Gasteiger partial charge in [0, 0.05) is 22.9 Å². The number of nitrogens with one attached hydrogen (secondary N) is 1. The first-order valence-electron chi connectivity index (χ1n) is 7.06. The van der Waals surface area contributed by atoms with Crippen LogP contribution in [0.2, 0.25) is 0 Å². The van der Waals surface area contributed by atoms with Crippen molar-refractivity contribution in [1.29, 1.82) is 0 Å². The Balaban J connectivity index is 1.89. The molecular weight excluding hydrogens is 298 g/mol. The first kappa shape index (κ1) is 14.9. The molecule has 1 unspecified atom stereocenters. The number of H-pyrrole nitrogens is 1. The highest BCUT2D eigenvalue weighted by Crippen LogP contribution is 2.24. The third kappa shape index (κ3) is 2.80. The molecule has 3 rings (SSSR count). The summed E-state index contributed by atoms with van der Waals surface area (Å²) < 4.78 is 17.9. The number of hydrogen-bond donors (Lipinski definition) is 1. The number of fused-ring (bicyclic) bond motifs is 1. The van der Waals surface area contributed by atoms with Crippen molar-refractivity contribution in [2.75, 3.05) is 7.11 Å². The first-order valence-corrected chi connectivity index (χ1v) is 8.38. The second kappa shape index (κ2) is 6.37. The molecule has 2 aromatic heterocycles. The zero-order chi connectivity index (χ0) is 15.5. The Labute approximate surface area is 131 Å². The van der Waals surface area contributed by atoms with Gasteiger partial charge in [0.1, 0.15) is 5.75 Å². The SMILES string of the molecule is CCc1c(OC)ccnc1C[S+]([O-])c1nc2ccccc2[nH]1. The maximum atomic E-state index is 12.6. The summed E-state index contributed by atoms with van der Waals surface area (Å²) in [5.41, 5.74) is 3.50. The molecule has 1 aromatic carbocycles. The average molecular weight is 315 g/mol. The number of rotatable bonds is 5. The molecule has 1 atom stereocenters. The van der Waals surface area contributed by atoms with Crippen molar-refractivity contribution in [3.05, 3.63) is 47.8 Å². The first-order chi connectivity index (χ1) is 10.7. The van der Waals surface area contributed by atoms with E-state index in [1.54, 1.807) is 13.3 Å². The van der Waals surface area contributed by atoms with Gasteiger partial charge in [0.25, 0.3) is 0 Å². The van der Waals surface area contributed by atoms with Gasteiger partial charge in [-0.15, -0.1) is 0 Å². The standard InChI is InChI=1S/C16H17N3O2S/c1-3-11-14(17-9-8-15(11)21-2)10-22(20)16-18-12-6-4-5-7-13(12)19-16/h4-9H,3,10H2,1-2H3,(H,18,19). The lowest BCUT2D eigenvalue weighted by atomic mass is 10.1. The number of hydrogen-bond acceptors (Lipinski definition) is 4. The van der Waals surface area contributed by atoms with Crippen molar-refractivity contribution < 1.29 is 9.29 Å². The van der Waals surface area contributed by atoms with Gasteiger partial charge in [-0.3, -0.25) is 9.97 Å². The van der Waals surface area contributed by atoms with Gasteiger partial charge in [-0.1, -0.05) is 19.1 Å². The zero-order valence-corrected chi connectivity index (χ0v) is 13.3. The van der Waals surface area contributed by atoms with Crippen molar-refractivity contribution in [3.8, 4) is 5.75 Å². The molecule has 5 nitrogen and oxygen atoms in total. The van der Waals surface area contributed by atoms with E-state index in [2.05, 4.69) is 15.0 Å². The molecule has 0 amide bonds. The van der Waals surface area contributed by atoms with Crippen LogP contribution in [0.25, 0.3) is 11.0 Å². The van der Waals surface area contributed by atoms with E-state index in [9.17, 15) is 4.55 Å². The Morgan fingerprint density at radius 2 is 2.09 bits per heavy atom. The number of para-hydroxylation sites is 2. The van der Waals surface area contributed by atoms with Crippen molar-refractivity contribution in [2.45, 2.75) is 24.3 Å². The smallest absolute Gasteiger partial charge is 0.322 e. The van der Waals surface area contributed by atoms with Crippen molar-refractivity contribution in [3.63, 3.8) is 0 Å². The number of imidazole rings is 1. The molecule has 0 fully saturated rings. The predicted molar refractivity (Wildman–Crippen MR) is 86.4 cm³/mol. The van der Waals surface area contributed by atoms with E-state index in [4.69, 9.17) is 4.74 Å². The number of nitrogens with zero attached hydrogens (tertiary/aromatic N) is 2. The summed E-state index contributed by atoms with van der Waals surface area (Å²) in [5.74, 6) is 1.11. The van der Waals surface area contributed by atoms with Gasteiger partial charge in [-0.2, -0.15) is 4.98 Å². The lowest BCUT2D eigenvalue weighted by Crippen LogP contribution is -2.11. The minimum absolute atomic E-state index is 0.320. The van der Waals surface area contributed by atoms with Crippen LogP contribution in [-0.4, -0.2) is 26.6 Å². The summed E-state index contributed by atoms with van der Waals surface area (Å²) in [5, 5.41) is 0.480. The fourth-order valence-corrected chi connectivity index (χ4v) is 3.50. The largest absolute Gasteiger partial charge is 0.609 e. The van der Waals surface area contributed by atoms with E-state index < -0.39 is 11.2 Å². The lowest BCUT2D eigenvalue weighted by Gasteiger charge is -2.12. The number of ether oxygens (including phenoxy) is 1. The van der Waals surface area contributed by atoms with Crippen LogP contribution in [0, 0.1) is 0 Å². The van der Waals surface area contributed by atoms with Gasteiger partial charge >= 0.3 is 5.16 Å². The summed E-state index contributed by atoms with van der Waals surface area (Å²) in [7, 11) is 1.63. The molecule has 22 heavy (non-hydrogen) atoms. The van der Waals surface area contributed by atoms with E-state index in [0.29, 0.717) is 10.9 Å². The Bertz CT molecular complexity index is 755. The fourth-order valence-electron chi connectivity index (χ4n) is 2.44. The summed E-state index contributed by atoms with van der Waals surface area (Å²) in [6.45, 7) is 2.03. The molecule has 0 saturated carbocycles. The summed E-state index contributed by atoms with van der Waals surface area (Å²) in [6.07, 6.45) is 2.47. The zero-order valence-electron chi connectivity index (χ0n) is 12.5. The maximum absolute atomic E-state index is 12.6. The Kier molecular flexibility index (Phi) is 4.31. The predicted octanol–water partition coefficient (Wildman–Crippen LogP) is 2.84. The Morgan fingerprint density at radius 3 is 2.82 bits per heavy atom. The average Bonchev–Trinajstić information content (AvgIpc) is 2.98. The van der Waals surface area contributed by atoms with Crippen molar-refractivity contribution in [1.82, 2.24) is 15.0 Å². The Morgan fingerprint density at radius 1 is 1.27 bits per heavy atom. The van der Waals surface area contributed by atoms with Crippen LogP contribution in [0.4, 0.5) is 0 Å². The monoisotopic (exact) mass is 315 g/mol. The van der Waals surface area contributed by atoms with Crippen LogP contribution in [0.5, 0.6) is 5.75 Å². The van der Waals surface area contributed by atoms with Gasteiger partial charge in [0.2, 0.25) is 0 Å². The highest BCUT2D eigenvalue weighted by atomic mass is 32.2. The van der Waals surface area contributed by atoms with Gasteiger partial charge in [0.05, 0.1) is 23.8 Å². The normalized spacial score (nSPS) is 12.5. The minimum Gasteiger partial charge on any atom is -0.609 e. The maximum Gasteiger partial charge on any atom is 0.322 e. The topological polar surface area (TPSA) is 73.9 Å². The molecule has 0 aliphatic rings. The Hall–Kier alpha value is -2.05. The van der Waals surface area contributed by atoms with Crippen molar-refractivity contribution >= 4 is 22.2 Å². The number of pyridine rings is 1. The van der Waals surface area contributed by atoms with Gasteiger partial charge < -0.3 is 9.29 Å². The molecule has 3 aromatic rings. The van der Waals surface area contributed by atoms with E-state index in [1.165, 1.54) is 0 Å².